The second-order valence-corrected chi connectivity index (χ2v) is 8.32. The Morgan fingerprint density at radius 2 is 1.76 bits per heavy atom. The first-order valence-electron chi connectivity index (χ1n) is 9.41. The maximum Gasteiger partial charge on any atom is 0.175 e. The van der Waals surface area contributed by atoms with Crippen LogP contribution in [0.3, 0.4) is 0 Å². The van der Waals surface area contributed by atoms with Crippen molar-refractivity contribution in [2.75, 3.05) is 6.61 Å². The topological polar surface area (TPSA) is 30.8 Å². The van der Waals surface area contributed by atoms with E-state index in [0.717, 1.165) is 37.4 Å². The van der Waals surface area contributed by atoms with Crippen LogP contribution in [0.2, 0.25) is 5.02 Å². The van der Waals surface area contributed by atoms with Crippen molar-refractivity contribution in [1.82, 2.24) is 0 Å². The van der Waals surface area contributed by atoms with Crippen LogP contribution in [0.15, 0.2) is 59.6 Å². The SMILES string of the molecule is CCOc1cc(C=Nc2ccc(C)cc2C)cc(I)c1OCc1ccc(Cl)cc1. The van der Waals surface area contributed by atoms with Crippen molar-refractivity contribution >= 4 is 46.1 Å². The van der Waals surface area contributed by atoms with E-state index in [1.54, 1.807) is 0 Å². The molecule has 0 saturated heterocycles. The van der Waals surface area contributed by atoms with Crippen LogP contribution in [-0.4, -0.2) is 12.8 Å². The van der Waals surface area contributed by atoms with E-state index in [9.17, 15) is 0 Å². The van der Waals surface area contributed by atoms with Gasteiger partial charge in [0.2, 0.25) is 0 Å². The highest BCUT2D eigenvalue weighted by atomic mass is 127. The first-order chi connectivity index (χ1) is 14.0. The van der Waals surface area contributed by atoms with Gasteiger partial charge in [0.1, 0.15) is 6.61 Å². The zero-order chi connectivity index (χ0) is 20.8. The van der Waals surface area contributed by atoms with Crippen LogP contribution < -0.4 is 9.47 Å². The maximum atomic E-state index is 6.08. The third-order valence-corrected chi connectivity index (χ3v) is 5.39. The molecule has 0 fully saturated rings. The summed E-state index contributed by atoms with van der Waals surface area (Å²) in [6, 6.07) is 17.9. The van der Waals surface area contributed by atoms with Gasteiger partial charge in [0.05, 0.1) is 15.9 Å². The van der Waals surface area contributed by atoms with Crippen molar-refractivity contribution in [3.8, 4) is 11.5 Å². The fourth-order valence-electron chi connectivity index (χ4n) is 2.90. The molecule has 0 aliphatic heterocycles. The van der Waals surface area contributed by atoms with Gasteiger partial charge in [-0.2, -0.15) is 0 Å². The molecule has 0 bridgehead atoms. The van der Waals surface area contributed by atoms with Gasteiger partial charge in [0.25, 0.3) is 0 Å². The largest absolute Gasteiger partial charge is 0.490 e. The zero-order valence-corrected chi connectivity index (χ0v) is 19.6. The minimum Gasteiger partial charge on any atom is -0.490 e. The number of ether oxygens (including phenoxy) is 2. The molecule has 3 aromatic rings. The highest BCUT2D eigenvalue weighted by Crippen LogP contribution is 2.35. The summed E-state index contributed by atoms with van der Waals surface area (Å²) in [5.41, 5.74) is 5.37. The number of aliphatic imine (C=N–C) groups is 1. The summed E-state index contributed by atoms with van der Waals surface area (Å²) in [7, 11) is 0. The first-order valence-corrected chi connectivity index (χ1v) is 10.9. The number of hydrogen-bond donors (Lipinski definition) is 0. The molecule has 3 aromatic carbocycles. The summed E-state index contributed by atoms with van der Waals surface area (Å²) in [5.74, 6) is 1.46. The van der Waals surface area contributed by atoms with Gasteiger partial charge in [-0.05, 0) is 90.4 Å². The van der Waals surface area contributed by atoms with E-state index in [2.05, 4.69) is 53.6 Å². The molecule has 0 radical (unpaired) electrons. The summed E-state index contributed by atoms with van der Waals surface area (Å²) in [6.07, 6.45) is 1.87. The Morgan fingerprint density at radius 1 is 1.00 bits per heavy atom. The number of halogens is 2. The minimum atomic E-state index is 0.448. The fraction of sp³-hybridized carbons (Fsp3) is 0.208. The fourth-order valence-corrected chi connectivity index (χ4v) is 3.80. The molecule has 0 amide bonds. The molecule has 0 aromatic heterocycles. The molecule has 0 aliphatic carbocycles. The van der Waals surface area contributed by atoms with E-state index in [1.807, 2.05) is 55.6 Å². The number of hydrogen-bond acceptors (Lipinski definition) is 3. The van der Waals surface area contributed by atoms with Crippen molar-refractivity contribution in [3.05, 3.63) is 85.4 Å². The molecule has 0 heterocycles. The van der Waals surface area contributed by atoms with E-state index in [-0.39, 0.29) is 0 Å². The smallest absolute Gasteiger partial charge is 0.175 e. The highest BCUT2D eigenvalue weighted by Gasteiger charge is 2.12. The highest BCUT2D eigenvalue weighted by molar-refractivity contribution is 14.1. The average Bonchev–Trinajstić information content (AvgIpc) is 2.68. The van der Waals surface area contributed by atoms with Crippen molar-refractivity contribution in [3.63, 3.8) is 0 Å². The quantitative estimate of drug-likeness (QED) is 0.242. The van der Waals surface area contributed by atoms with E-state index in [4.69, 9.17) is 21.1 Å². The van der Waals surface area contributed by atoms with E-state index in [1.165, 1.54) is 5.56 Å². The van der Waals surface area contributed by atoms with Crippen molar-refractivity contribution in [1.29, 1.82) is 0 Å². The Bertz CT molecular complexity index is 1020. The Balaban J connectivity index is 1.83. The number of nitrogens with zero attached hydrogens (tertiary/aromatic N) is 1. The molecule has 0 atom stereocenters. The minimum absolute atomic E-state index is 0.448. The molecule has 29 heavy (non-hydrogen) atoms. The summed E-state index contributed by atoms with van der Waals surface area (Å²) in [4.78, 5) is 4.65. The van der Waals surface area contributed by atoms with Gasteiger partial charge in [-0.25, -0.2) is 0 Å². The summed E-state index contributed by atoms with van der Waals surface area (Å²) < 4.78 is 12.9. The lowest BCUT2D eigenvalue weighted by molar-refractivity contribution is 0.267. The van der Waals surface area contributed by atoms with Gasteiger partial charge < -0.3 is 9.47 Å². The molecule has 5 heteroatoms. The van der Waals surface area contributed by atoms with E-state index >= 15 is 0 Å². The summed E-state index contributed by atoms with van der Waals surface area (Å²) in [5, 5.41) is 0.714. The molecular weight excluding hydrogens is 497 g/mol. The van der Waals surface area contributed by atoms with Gasteiger partial charge in [0, 0.05) is 11.2 Å². The summed E-state index contributed by atoms with van der Waals surface area (Å²) in [6.45, 7) is 7.13. The van der Waals surface area contributed by atoms with Crippen LogP contribution in [0.25, 0.3) is 0 Å². The molecule has 150 valence electrons. The Hall–Kier alpha value is -2.05. The lowest BCUT2D eigenvalue weighted by Gasteiger charge is -2.15. The van der Waals surface area contributed by atoms with Crippen LogP contribution in [0, 0.1) is 17.4 Å². The van der Waals surface area contributed by atoms with Crippen LogP contribution in [0.1, 0.15) is 29.2 Å². The maximum absolute atomic E-state index is 6.08. The number of benzene rings is 3. The molecule has 3 rings (SSSR count). The van der Waals surface area contributed by atoms with Crippen molar-refractivity contribution in [2.45, 2.75) is 27.4 Å². The van der Waals surface area contributed by atoms with Crippen LogP contribution in [0.4, 0.5) is 5.69 Å². The lowest BCUT2D eigenvalue weighted by Crippen LogP contribution is -2.02. The molecule has 0 unspecified atom stereocenters. The Labute approximate surface area is 190 Å². The third-order valence-electron chi connectivity index (χ3n) is 4.33. The predicted molar refractivity (Wildman–Crippen MR) is 129 cm³/mol. The third kappa shape index (κ3) is 5.97. The van der Waals surface area contributed by atoms with Crippen molar-refractivity contribution < 1.29 is 9.47 Å². The predicted octanol–water partition coefficient (Wildman–Crippen LogP) is 7.29. The Kier molecular flexibility index (Phi) is 7.56. The molecule has 3 nitrogen and oxygen atoms in total. The van der Waals surface area contributed by atoms with E-state index in [0.29, 0.717) is 18.2 Å². The number of aryl methyl sites for hydroxylation is 2. The van der Waals surface area contributed by atoms with Gasteiger partial charge >= 0.3 is 0 Å². The second-order valence-electron chi connectivity index (χ2n) is 6.73. The normalized spacial score (nSPS) is 11.1. The Morgan fingerprint density at radius 3 is 2.45 bits per heavy atom. The van der Waals surface area contributed by atoms with Crippen LogP contribution in [0.5, 0.6) is 11.5 Å². The van der Waals surface area contributed by atoms with Crippen LogP contribution in [-0.2, 0) is 6.61 Å². The van der Waals surface area contributed by atoms with Gasteiger partial charge in [0.15, 0.2) is 11.5 Å². The van der Waals surface area contributed by atoms with E-state index < -0.39 is 0 Å². The standard InChI is InChI=1S/C24H23ClINO2/c1-4-28-23-13-19(14-27-22-10-5-16(2)11-17(22)3)12-21(26)24(23)29-15-18-6-8-20(25)9-7-18/h5-14H,4,15H2,1-3H3. The lowest BCUT2D eigenvalue weighted by atomic mass is 10.1. The molecule has 0 aliphatic rings. The van der Waals surface area contributed by atoms with Gasteiger partial charge in [-0.3, -0.25) is 4.99 Å². The monoisotopic (exact) mass is 519 g/mol. The van der Waals surface area contributed by atoms with Crippen LogP contribution >= 0.6 is 34.2 Å². The zero-order valence-electron chi connectivity index (χ0n) is 16.7. The van der Waals surface area contributed by atoms with Gasteiger partial charge in [-0.15, -0.1) is 0 Å². The number of rotatable bonds is 7. The molecule has 0 N–H and O–H groups in total. The molecule has 0 spiro atoms. The average molecular weight is 520 g/mol. The molecule has 0 saturated carbocycles. The van der Waals surface area contributed by atoms with Gasteiger partial charge in [-0.1, -0.05) is 41.4 Å². The first kappa shape index (κ1) is 21.7. The molecular formula is C24H23ClINO2. The second kappa shape index (κ2) is 10.1. The summed E-state index contributed by atoms with van der Waals surface area (Å²) >= 11 is 8.23. The van der Waals surface area contributed by atoms with Crippen molar-refractivity contribution in [2.24, 2.45) is 4.99 Å².